The molecule has 0 saturated heterocycles. The van der Waals surface area contributed by atoms with Gasteiger partial charge in [-0.1, -0.05) is 0 Å². The maximum absolute atomic E-state index is 11.0. The standard InChI is InChI=1S/C13H15N3O2S.ClH/c1-7(13(17)18)16-11-10-8-4-2-3-5-9(8)19-12(10)15-6-14-11;/h6-7H,2-5H2,1H3,(H,17,18)(H,14,15,16);1H. The number of anilines is 1. The number of halogens is 1. The fourth-order valence-corrected chi connectivity index (χ4v) is 3.70. The van der Waals surface area contributed by atoms with Crippen LogP contribution in [0.3, 0.4) is 0 Å². The highest BCUT2D eigenvalue weighted by Gasteiger charge is 2.21. The molecule has 0 bridgehead atoms. The summed E-state index contributed by atoms with van der Waals surface area (Å²) in [5.74, 6) is -0.227. The normalized spacial score (nSPS) is 15.2. The summed E-state index contributed by atoms with van der Waals surface area (Å²) in [6.45, 7) is 1.62. The van der Waals surface area contributed by atoms with Crippen molar-refractivity contribution < 1.29 is 9.90 Å². The van der Waals surface area contributed by atoms with E-state index in [0.717, 1.165) is 23.1 Å². The average Bonchev–Trinajstić information content (AvgIpc) is 2.77. The van der Waals surface area contributed by atoms with E-state index >= 15 is 0 Å². The minimum absolute atomic E-state index is 0. The highest BCUT2D eigenvalue weighted by molar-refractivity contribution is 7.19. The van der Waals surface area contributed by atoms with Gasteiger partial charge in [0.15, 0.2) is 0 Å². The van der Waals surface area contributed by atoms with Crippen LogP contribution in [0.4, 0.5) is 5.82 Å². The minimum Gasteiger partial charge on any atom is -0.480 e. The molecular formula is C13H16ClN3O2S. The van der Waals surface area contributed by atoms with Gasteiger partial charge in [-0.2, -0.15) is 0 Å². The Bertz CT molecular complexity index is 644. The van der Waals surface area contributed by atoms with Crippen molar-refractivity contribution in [1.29, 1.82) is 0 Å². The summed E-state index contributed by atoms with van der Waals surface area (Å²) < 4.78 is 0. The van der Waals surface area contributed by atoms with E-state index in [1.807, 2.05) is 0 Å². The van der Waals surface area contributed by atoms with Crippen molar-refractivity contribution in [2.24, 2.45) is 0 Å². The van der Waals surface area contributed by atoms with Crippen LogP contribution in [-0.2, 0) is 17.6 Å². The fraction of sp³-hybridized carbons (Fsp3) is 0.462. The Kier molecular flexibility index (Phi) is 4.45. The van der Waals surface area contributed by atoms with E-state index in [-0.39, 0.29) is 12.4 Å². The van der Waals surface area contributed by atoms with Crippen molar-refractivity contribution in [3.63, 3.8) is 0 Å². The van der Waals surface area contributed by atoms with Crippen LogP contribution in [0.1, 0.15) is 30.2 Å². The second-order valence-electron chi connectivity index (χ2n) is 4.82. The lowest BCUT2D eigenvalue weighted by Gasteiger charge is -2.14. The number of thiophene rings is 1. The Balaban J connectivity index is 0.00000147. The number of aliphatic carboxylic acids is 1. The molecule has 0 aromatic carbocycles. The van der Waals surface area contributed by atoms with Gasteiger partial charge >= 0.3 is 5.97 Å². The van der Waals surface area contributed by atoms with Crippen molar-refractivity contribution in [2.45, 2.75) is 38.6 Å². The van der Waals surface area contributed by atoms with Crippen molar-refractivity contribution in [3.05, 3.63) is 16.8 Å². The maximum atomic E-state index is 11.0. The predicted molar refractivity (Wildman–Crippen MR) is 82.0 cm³/mol. The number of rotatable bonds is 3. The molecule has 0 radical (unpaired) electrons. The van der Waals surface area contributed by atoms with E-state index in [0.29, 0.717) is 5.82 Å². The van der Waals surface area contributed by atoms with Gasteiger partial charge in [-0.25, -0.2) is 9.97 Å². The van der Waals surface area contributed by atoms with E-state index in [1.54, 1.807) is 18.3 Å². The third kappa shape index (κ3) is 2.58. The molecule has 2 aromatic heterocycles. The summed E-state index contributed by atoms with van der Waals surface area (Å²) in [5.41, 5.74) is 1.31. The van der Waals surface area contributed by atoms with Gasteiger partial charge in [0.25, 0.3) is 0 Å². The number of hydrogen-bond donors (Lipinski definition) is 2. The van der Waals surface area contributed by atoms with Gasteiger partial charge in [0, 0.05) is 4.88 Å². The Labute approximate surface area is 126 Å². The Morgan fingerprint density at radius 2 is 2.15 bits per heavy atom. The largest absolute Gasteiger partial charge is 0.480 e. The molecule has 0 saturated carbocycles. The molecule has 1 unspecified atom stereocenters. The van der Waals surface area contributed by atoms with Gasteiger partial charge in [0.2, 0.25) is 0 Å². The smallest absolute Gasteiger partial charge is 0.325 e. The second-order valence-corrected chi connectivity index (χ2v) is 5.90. The zero-order valence-corrected chi connectivity index (χ0v) is 12.7. The molecule has 5 nitrogen and oxygen atoms in total. The Hall–Kier alpha value is -1.40. The molecule has 2 N–H and O–H groups in total. The zero-order chi connectivity index (χ0) is 13.4. The van der Waals surface area contributed by atoms with Crippen LogP contribution in [-0.4, -0.2) is 27.1 Å². The van der Waals surface area contributed by atoms with Crippen molar-refractivity contribution >= 4 is 45.7 Å². The van der Waals surface area contributed by atoms with Gasteiger partial charge < -0.3 is 10.4 Å². The van der Waals surface area contributed by atoms with Gasteiger partial charge in [-0.05, 0) is 38.2 Å². The van der Waals surface area contributed by atoms with Crippen molar-refractivity contribution in [1.82, 2.24) is 9.97 Å². The summed E-state index contributed by atoms with van der Waals surface area (Å²) in [6, 6.07) is -0.655. The molecule has 2 aromatic rings. The predicted octanol–water partition coefficient (Wildman–Crippen LogP) is 2.88. The Morgan fingerprint density at radius 3 is 2.90 bits per heavy atom. The molecule has 108 valence electrons. The first kappa shape index (κ1) is 15.0. The first-order valence-electron chi connectivity index (χ1n) is 6.41. The van der Waals surface area contributed by atoms with Crippen LogP contribution in [0.25, 0.3) is 10.2 Å². The van der Waals surface area contributed by atoms with E-state index < -0.39 is 12.0 Å². The van der Waals surface area contributed by atoms with Gasteiger partial charge in [-0.3, -0.25) is 4.79 Å². The zero-order valence-electron chi connectivity index (χ0n) is 11.0. The van der Waals surface area contributed by atoms with Crippen LogP contribution in [0.5, 0.6) is 0 Å². The van der Waals surface area contributed by atoms with Gasteiger partial charge in [0.05, 0.1) is 5.39 Å². The summed E-state index contributed by atoms with van der Waals surface area (Å²) in [7, 11) is 0. The molecule has 0 spiro atoms. The molecule has 2 heterocycles. The molecule has 1 aliphatic carbocycles. The van der Waals surface area contributed by atoms with E-state index in [4.69, 9.17) is 5.11 Å². The number of carboxylic acid groups (broad SMARTS) is 1. The number of aromatic nitrogens is 2. The molecule has 0 aliphatic heterocycles. The Morgan fingerprint density at radius 1 is 1.40 bits per heavy atom. The third-order valence-corrected chi connectivity index (χ3v) is 4.67. The molecular weight excluding hydrogens is 298 g/mol. The van der Waals surface area contributed by atoms with Crippen LogP contribution in [0.15, 0.2) is 6.33 Å². The third-order valence-electron chi connectivity index (χ3n) is 3.47. The molecule has 0 amide bonds. The van der Waals surface area contributed by atoms with E-state index in [9.17, 15) is 4.79 Å². The molecule has 1 atom stereocenters. The fourth-order valence-electron chi connectivity index (χ4n) is 2.47. The molecule has 0 fully saturated rings. The monoisotopic (exact) mass is 313 g/mol. The lowest BCUT2D eigenvalue weighted by atomic mass is 9.97. The second kappa shape index (κ2) is 5.93. The van der Waals surface area contributed by atoms with Crippen LogP contribution in [0, 0.1) is 0 Å². The van der Waals surface area contributed by atoms with Crippen LogP contribution in [0.2, 0.25) is 0 Å². The van der Waals surface area contributed by atoms with Crippen molar-refractivity contribution in [3.8, 4) is 0 Å². The van der Waals surface area contributed by atoms with Crippen LogP contribution < -0.4 is 5.32 Å². The highest BCUT2D eigenvalue weighted by Crippen LogP contribution is 2.38. The lowest BCUT2D eigenvalue weighted by Crippen LogP contribution is -2.26. The summed E-state index contributed by atoms with van der Waals surface area (Å²) >= 11 is 1.71. The SMILES string of the molecule is CC(Nc1ncnc2sc3c(c12)CCCC3)C(=O)O.Cl. The summed E-state index contributed by atoms with van der Waals surface area (Å²) in [4.78, 5) is 21.9. The van der Waals surface area contributed by atoms with E-state index in [1.165, 1.54) is 29.6 Å². The maximum Gasteiger partial charge on any atom is 0.325 e. The van der Waals surface area contributed by atoms with Crippen molar-refractivity contribution in [2.75, 3.05) is 5.32 Å². The highest BCUT2D eigenvalue weighted by atomic mass is 35.5. The minimum atomic E-state index is -0.879. The number of carbonyl (C=O) groups is 1. The number of fused-ring (bicyclic) bond motifs is 3. The molecule has 1 aliphatic rings. The first-order chi connectivity index (χ1) is 9.16. The van der Waals surface area contributed by atoms with Gasteiger partial charge in [-0.15, -0.1) is 23.7 Å². The number of carboxylic acids is 1. The molecule has 20 heavy (non-hydrogen) atoms. The summed E-state index contributed by atoms with van der Waals surface area (Å²) in [5, 5.41) is 13.0. The number of nitrogens with zero attached hydrogens (tertiary/aromatic N) is 2. The van der Waals surface area contributed by atoms with Crippen LogP contribution >= 0.6 is 23.7 Å². The topological polar surface area (TPSA) is 75.1 Å². The number of hydrogen-bond acceptors (Lipinski definition) is 5. The number of nitrogens with one attached hydrogen (secondary N) is 1. The molecule has 7 heteroatoms. The first-order valence-corrected chi connectivity index (χ1v) is 7.23. The van der Waals surface area contributed by atoms with E-state index in [2.05, 4.69) is 15.3 Å². The number of aryl methyl sites for hydroxylation is 2. The molecule has 3 rings (SSSR count). The lowest BCUT2D eigenvalue weighted by molar-refractivity contribution is -0.137. The van der Waals surface area contributed by atoms with Gasteiger partial charge in [0.1, 0.15) is 23.0 Å². The quantitative estimate of drug-likeness (QED) is 0.911. The average molecular weight is 314 g/mol. The summed E-state index contributed by atoms with van der Waals surface area (Å²) in [6.07, 6.45) is 6.05.